The van der Waals surface area contributed by atoms with Gasteiger partial charge in [-0.2, -0.15) is 0 Å². The molecule has 0 aromatic carbocycles. The number of unbranched alkanes of at least 4 members (excludes halogenated alkanes) is 7. The monoisotopic (exact) mass is 161 g/mol. The molecule has 0 bridgehead atoms. The Kier molecular flexibility index (Phi) is 9.92. The zero-order valence-electron chi connectivity index (χ0n) is 7.81. The van der Waals surface area contributed by atoms with E-state index in [4.69, 9.17) is 5.11 Å². The van der Waals surface area contributed by atoms with Gasteiger partial charge in [-0.1, -0.05) is 51.9 Å². The normalized spacial score (nSPS) is 10.4. The smallest absolute Gasteiger partial charge is 0.0431 e. The molecule has 0 atom stereocenters. The Morgan fingerprint density at radius 2 is 1.27 bits per heavy atom. The van der Waals surface area contributed by atoms with Crippen LogP contribution in [-0.4, -0.2) is 11.7 Å². The van der Waals surface area contributed by atoms with Crippen LogP contribution in [-0.2, 0) is 0 Å². The van der Waals surface area contributed by atoms with Crippen molar-refractivity contribution in [2.45, 2.75) is 58.3 Å². The fraction of sp³-hybridized carbons (Fsp3) is 1.00. The molecule has 11 heavy (non-hydrogen) atoms. The second-order valence-electron chi connectivity index (χ2n) is 3.20. The molecule has 0 aliphatic heterocycles. The number of rotatable bonds is 8. The third-order valence-corrected chi connectivity index (χ3v) is 2.01. The van der Waals surface area contributed by atoms with E-state index in [2.05, 4.69) is 6.92 Å². The molecule has 0 heterocycles. The fourth-order valence-electron chi connectivity index (χ4n) is 1.25. The van der Waals surface area contributed by atoms with Gasteiger partial charge in [0.15, 0.2) is 0 Å². The summed E-state index contributed by atoms with van der Waals surface area (Å²) in [6, 6.07) is 0. The van der Waals surface area contributed by atoms with Crippen molar-refractivity contribution >= 4 is 0 Å². The van der Waals surface area contributed by atoms with Crippen LogP contribution < -0.4 is 0 Å². The number of aliphatic hydroxyl groups excluding tert-OH is 1. The first kappa shape index (κ1) is 11.0. The van der Waals surface area contributed by atoms with Gasteiger partial charge in [-0.25, -0.2) is 0 Å². The molecule has 0 rings (SSSR count). The minimum atomic E-state index is 0. The van der Waals surface area contributed by atoms with Crippen molar-refractivity contribution in [3.63, 3.8) is 0 Å². The molecule has 0 saturated heterocycles. The predicted octanol–water partition coefficient (Wildman–Crippen LogP) is 3.37. The summed E-state index contributed by atoms with van der Waals surface area (Å²) in [6.45, 7) is 2.61. The lowest BCUT2D eigenvalue weighted by atomic mass is 10.1. The molecule has 1 heteroatoms. The second kappa shape index (κ2) is 9.96. The summed E-state index contributed by atoms with van der Waals surface area (Å²) < 4.78 is 0. The zero-order valence-corrected chi connectivity index (χ0v) is 7.81. The van der Waals surface area contributed by atoms with Gasteiger partial charge in [-0.05, 0) is 6.42 Å². The van der Waals surface area contributed by atoms with Crippen LogP contribution in [0.15, 0.2) is 0 Å². The molecule has 0 aromatic heterocycles. The van der Waals surface area contributed by atoms with Crippen LogP contribution in [0.1, 0.15) is 59.7 Å². The van der Waals surface area contributed by atoms with Gasteiger partial charge in [0.25, 0.3) is 0 Å². The van der Waals surface area contributed by atoms with Gasteiger partial charge in [-0.3, -0.25) is 0 Å². The molecule has 0 spiro atoms. The topological polar surface area (TPSA) is 20.2 Å². The first-order valence-corrected chi connectivity index (χ1v) is 5.02. The maximum Gasteiger partial charge on any atom is 0.0431 e. The number of hydrogen-bond acceptors (Lipinski definition) is 1. The Bertz CT molecular complexity index is 58.9. The van der Waals surface area contributed by atoms with E-state index in [-0.39, 0.29) is 1.43 Å². The SMILES string of the molecule is CCCCCCCCCCO.[2HH]. The van der Waals surface area contributed by atoms with Crippen LogP contribution in [0.25, 0.3) is 0 Å². The van der Waals surface area contributed by atoms with Gasteiger partial charge >= 0.3 is 0 Å². The minimum Gasteiger partial charge on any atom is -0.396 e. The Morgan fingerprint density at radius 3 is 1.73 bits per heavy atom. The van der Waals surface area contributed by atoms with Crippen LogP contribution in [0.5, 0.6) is 0 Å². The van der Waals surface area contributed by atoms with Crippen LogP contribution in [0.3, 0.4) is 0 Å². The summed E-state index contributed by atoms with van der Waals surface area (Å²) in [5.41, 5.74) is 0. The number of hydrogen-bond donors (Lipinski definition) is 1. The van der Waals surface area contributed by atoms with E-state index < -0.39 is 0 Å². The van der Waals surface area contributed by atoms with E-state index in [1.807, 2.05) is 0 Å². The highest BCUT2D eigenvalue weighted by Crippen LogP contribution is 2.07. The van der Waals surface area contributed by atoms with E-state index in [9.17, 15) is 0 Å². The lowest BCUT2D eigenvalue weighted by molar-refractivity contribution is 0.282. The number of aliphatic hydroxyl groups is 1. The van der Waals surface area contributed by atoms with E-state index in [0.717, 1.165) is 6.42 Å². The molecule has 0 saturated carbocycles. The maximum absolute atomic E-state index is 8.51. The molecule has 70 valence electrons. The van der Waals surface area contributed by atoms with E-state index >= 15 is 0 Å². The third-order valence-electron chi connectivity index (χ3n) is 2.01. The highest BCUT2D eigenvalue weighted by Gasteiger charge is 1.89. The maximum atomic E-state index is 8.51. The van der Waals surface area contributed by atoms with Crippen molar-refractivity contribution in [1.29, 1.82) is 0 Å². The van der Waals surface area contributed by atoms with Crippen LogP contribution in [0.2, 0.25) is 0 Å². The Morgan fingerprint density at radius 1 is 0.818 bits per heavy atom. The summed E-state index contributed by atoms with van der Waals surface area (Å²) >= 11 is 0. The van der Waals surface area contributed by atoms with Gasteiger partial charge < -0.3 is 5.11 Å². The fourth-order valence-corrected chi connectivity index (χ4v) is 1.25. The first-order valence-electron chi connectivity index (χ1n) is 5.02. The van der Waals surface area contributed by atoms with Crippen molar-refractivity contribution in [3.8, 4) is 0 Å². The molecular weight excluding hydrogens is 136 g/mol. The molecule has 0 amide bonds. The summed E-state index contributed by atoms with van der Waals surface area (Å²) in [7, 11) is 0. The van der Waals surface area contributed by atoms with Gasteiger partial charge in [0.2, 0.25) is 0 Å². The van der Waals surface area contributed by atoms with Crippen LogP contribution in [0, 0.1) is 0 Å². The summed E-state index contributed by atoms with van der Waals surface area (Å²) in [5, 5.41) is 8.51. The second-order valence-corrected chi connectivity index (χ2v) is 3.20. The lowest BCUT2D eigenvalue weighted by Crippen LogP contribution is -1.83. The molecule has 0 fully saturated rings. The largest absolute Gasteiger partial charge is 0.396 e. The Balaban J connectivity index is 0. The molecule has 0 unspecified atom stereocenters. The molecule has 0 aliphatic carbocycles. The van der Waals surface area contributed by atoms with Gasteiger partial charge in [0, 0.05) is 8.03 Å². The average Bonchev–Trinajstić information content (AvgIpc) is 2.03. The summed E-state index contributed by atoms with van der Waals surface area (Å²) in [5.74, 6) is 0. The van der Waals surface area contributed by atoms with Gasteiger partial charge in [0.05, 0.1) is 0 Å². The molecular formula is C10H24O. The zero-order chi connectivity index (χ0) is 8.36. The molecule has 0 aromatic rings. The summed E-state index contributed by atoms with van der Waals surface area (Å²) in [6.07, 6.45) is 10.4. The highest BCUT2D eigenvalue weighted by molar-refractivity contribution is 4.44. The van der Waals surface area contributed by atoms with E-state index in [1.54, 1.807) is 0 Å². The molecule has 1 nitrogen and oxygen atoms in total. The first-order chi connectivity index (χ1) is 5.41. The van der Waals surface area contributed by atoms with Crippen LogP contribution >= 0.6 is 0 Å². The van der Waals surface area contributed by atoms with Crippen molar-refractivity contribution in [3.05, 3.63) is 0 Å². The average molecular weight is 161 g/mol. The Labute approximate surface area is 72.3 Å². The molecule has 1 N–H and O–H groups in total. The van der Waals surface area contributed by atoms with Crippen molar-refractivity contribution in [2.24, 2.45) is 0 Å². The van der Waals surface area contributed by atoms with Gasteiger partial charge in [0.1, 0.15) is 0 Å². The van der Waals surface area contributed by atoms with Crippen LogP contribution in [0.4, 0.5) is 0 Å². The van der Waals surface area contributed by atoms with Crippen molar-refractivity contribution in [1.82, 2.24) is 0 Å². The van der Waals surface area contributed by atoms with E-state index in [1.165, 1.54) is 44.9 Å². The summed E-state index contributed by atoms with van der Waals surface area (Å²) in [4.78, 5) is 0. The predicted molar refractivity (Wildman–Crippen MR) is 51.8 cm³/mol. The molecule has 0 aliphatic rings. The molecule has 0 radical (unpaired) electrons. The third kappa shape index (κ3) is 9.96. The minimum absolute atomic E-state index is 0. The van der Waals surface area contributed by atoms with Gasteiger partial charge in [-0.15, -0.1) is 0 Å². The standard InChI is InChI=1S/C10H22O.H2/c1-2-3-4-5-6-7-8-9-10-11;/h11H,2-10H2,1H3;1H/i;1+1. The van der Waals surface area contributed by atoms with Crippen molar-refractivity contribution in [2.75, 3.05) is 6.61 Å². The van der Waals surface area contributed by atoms with Crippen molar-refractivity contribution < 1.29 is 6.53 Å². The quantitative estimate of drug-likeness (QED) is 0.541. The lowest BCUT2D eigenvalue weighted by Gasteiger charge is -1.98. The highest BCUT2D eigenvalue weighted by atomic mass is 16.2. The Hall–Kier alpha value is -0.0400. The van der Waals surface area contributed by atoms with E-state index in [0.29, 0.717) is 6.61 Å².